The summed E-state index contributed by atoms with van der Waals surface area (Å²) in [5.74, 6) is -0.855. The van der Waals surface area contributed by atoms with Gasteiger partial charge in [0.15, 0.2) is 0 Å². The van der Waals surface area contributed by atoms with Gasteiger partial charge in [0.05, 0.1) is 0 Å². The van der Waals surface area contributed by atoms with Crippen molar-refractivity contribution in [3.63, 3.8) is 0 Å². The van der Waals surface area contributed by atoms with Gasteiger partial charge in [0.25, 0.3) is 5.91 Å². The number of nitrogens with one attached hydrogen (secondary N) is 2. The molecule has 0 unspecified atom stereocenters. The van der Waals surface area contributed by atoms with Crippen molar-refractivity contribution in [3.8, 4) is 0 Å². The first-order valence-electron chi connectivity index (χ1n) is 9.02. The third-order valence-electron chi connectivity index (χ3n) is 4.70. The Bertz CT molecular complexity index is 849. The Labute approximate surface area is 158 Å². The highest BCUT2D eigenvalue weighted by atomic mass is 16.2. The lowest BCUT2D eigenvalue weighted by Gasteiger charge is -2.22. The smallest absolute Gasteiger partial charge is 0.325 e. The molecule has 2 aromatic carbocycles. The number of carbonyl (C=O) groups excluding carboxylic acids is 3. The normalized spacial score (nSPS) is 19.1. The Morgan fingerprint density at radius 1 is 1.07 bits per heavy atom. The van der Waals surface area contributed by atoms with Crippen molar-refractivity contribution in [2.24, 2.45) is 0 Å². The molecule has 0 aromatic heterocycles. The summed E-state index contributed by atoms with van der Waals surface area (Å²) in [6.45, 7) is 3.44. The van der Waals surface area contributed by atoms with Gasteiger partial charge in [0.1, 0.15) is 12.1 Å². The van der Waals surface area contributed by atoms with Crippen LogP contribution in [0, 0.1) is 0 Å². The number of anilines is 1. The first kappa shape index (κ1) is 18.6. The largest absolute Gasteiger partial charge is 0.325 e. The molecular weight excluding hydrogens is 342 g/mol. The van der Waals surface area contributed by atoms with E-state index < -0.39 is 23.4 Å². The first-order valence-corrected chi connectivity index (χ1v) is 9.02. The highest BCUT2D eigenvalue weighted by molar-refractivity contribution is 6.10. The van der Waals surface area contributed by atoms with Crippen LogP contribution in [-0.2, 0) is 21.5 Å². The maximum absolute atomic E-state index is 12.9. The van der Waals surface area contributed by atoms with Crippen LogP contribution in [0.4, 0.5) is 10.5 Å². The van der Waals surface area contributed by atoms with Gasteiger partial charge in [-0.3, -0.25) is 14.5 Å². The van der Waals surface area contributed by atoms with E-state index in [1.807, 2.05) is 30.3 Å². The van der Waals surface area contributed by atoms with Gasteiger partial charge < -0.3 is 10.6 Å². The first-order chi connectivity index (χ1) is 12.9. The minimum atomic E-state index is -1.17. The van der Waals surface area contributed by atoms with E-state index in [-0.39, 0.29) is 6.54 Å². The van der Waals surface area contributed by atoms with Gasteiger partial charge >= 0.3 is 6.03 Å². The molecular formula is C21H23N3O3. The fourth-order valence-corrected chi connectivity index (χ4v) is 3.20. The average molecular weight is 365 g/mol. The summed E-state index contributed by atoms with van der Waals surface area (Å²) in [6, 6.07) is 16.0. The second-order valence-corrected chi connectivity index (χ2v) is 6.81. The van der Waals surface area contributed by atoms with Crippen LogP contribution >= 0.6 is 0 Å². The predicted octanol–water partition coefficient (Wildman–Crippen LogP) is 3.04. The Balaban J connectivity index is 1.72. The molecule has 27 heavy (non-hydrogen) atoms. The number of hydrogen-bond donors (Lipinski definition) is 2. The highest BCUT2D eigenvalue weighted by Gasteiger charge is 2.49. The van der Waals surface area contributed by atoms with Crippen LogP contribution in [0.2, 0.25) is 0 Å². The number of carbonyl (C=O) groups is 3. The van der Waals surface area contributed by atoms with Gasteiger partial charge in [0.2, 0.25) is 5.91 Å². The molecule has 0 spiro atoms. The van der Waals surface area contributed by atoms with Crippen molar-refractivity contribution in [2.45, 2.75) is 32.2 Å². The van der Waals surface area contributed by atoms with Gasteiger partial charge in [-0.25, -0.2) is 4.79 Å². The predicted molar refractivity (Wildman–Crippen MR) is 103 cm³/mol. The number of nitrogens with zero attached hydrogens (tertiary/aromatic N) is 1. The number of rotatable bonds is 6. The number of urea groups is 1. The van der Waals surface area contributed by atoms with Crippen molar-refractivity contribution < 1.29 is 14.4 Å². The summed E-state index contributed by atoms with van der Waals surface area (Å²) in [4.78, 5) is 38.4. The van der Waals surface area contributed by atoms with Crippen LogP contribution in [0.25, 0.3) is 0 Å². The third-order valence-corrected chi connectivity index (χ3v) is 4.70. The van der Waals surface area contributed by atoms with E-state index in [4.69, 9.17) is 0 Å². The van der Waals surface area contributed by atoms with E-state index in [0.29, 0.717) is 11.3 Å². The zero-order valence-electron chi connectivity index (χ0n) is 15.5. The second-order valence-electron chi connectivity index (χ2n) is 6.81. The van der Waals surface area contributed by atoms with Crippen LogP contribution in [0.3, 0.4) is 0 Å². The highest BCUT2D eigenvalue weighted by Crippen LogP contribution is 2.29. The summed E-state index contributed by atoms with van der Waals surface area (Å²) in [7, 11) is 0. The second kappa shape index (κ2) is 7.61. The van der Waals surface area contributed by atoms with E-state index in [2.05, 4.69) is 17.6 Å². The van der Waals surface area contributed by atoms with E-state index in [1.54, 1.807) is 31.2 Å². The molecule has 0 radical (unpaired) electrons. The Kier molecular flexibility index (Phi) is 5.26. The van der Waals surface area contributed by atoms with Crippen molar-refractivity contribution in [2.75, 3.05) is 11.9 Å². The lowest BCUT2D eigenvalue weighted by Crippen LogP contribution is -2.42. The summed E-state index contributed by atoms with van der Waals surface area (Å²) in [5, 5.41) is 5.41. The van der Waals surface area contributed by atoms with E-state index in [9.17, 15) is 14.4 Å². The topological polar surface area (TPSA) is 78.5 Å². The molecule has 1 heterocycles. The number of amides is 4. The molecule has 1 saturated heterocycles. The molecule has 1 aliphatic heterocycles. The standard InChI is InChI=1S/C21H23N3O3/c1-3-7-15-10-12-16(13-11-15)21(2)19(26)24(20(27)23-21)14-18(25)22-17-8-5-4-6-9-17/h4-6,8-13H,3,7,14H2,1-2H3,(H,22,25)(H,23,27)/t21-/m1/s1. The number of para-hydroxylation sites is 1. The molecule has 0 saturated carbocycles. The summed E-state index contributed by atoms with van der Waals surface area (Å²) in [5.41, 5.74) is 1.32. The number of benzene rings is 2. The van der Waals surface area contributed by atoms with Crippen LogP contribution in [-0.4, -0.2) is 29.3 Å². The fraction of sp³-hybridized carbons (Fsp3) is 0.286. The van der Waals surface area contributed by atoms with Crippen LogP contribution in [0.5, 0.6) is 0 Å². The third kappa shape index (κ3) is 3.84. The zero-order chi connectivity index (χ0) is 19.4. The van der Waals surface area contributed by atoms with Crippen molar-refractivity contribution in [1.82, 2.24) is 10.2 Å². The molecule has 6 nitrogen and oxygen atoms in total. The molecule has 1 atom stereocenters. The Morgan fingerprint density at radius 2 is 1.74 bits per heavy atom. The quantitative estimate of drug-likeness (QED) is 0.773. The molecule has 1 aliphatic rings. The summed E-state index contributed by atoms with van der Waals surface area (Å²) in [6.07, 6.45) is 2.00. The van der Waals surface area contributed by atoms with Crippen molar-refractivity contribution >= 4 is 23.5 Å². The monoisotopic (exact) mass is 365 g/mol. The Morgan fingerprint density at radius 3 is 2.37 bits per heavy atom. The van der Waals surface area contributed by atoms with Crippen LogP contribution in [0.1, 0.15) is 31.4 Å². The van der Waals surface area contributed by atoms with Crippen LogP contribution in [0.15, 0.2) is 54.6 Å². The van der Waals surface area contributed by atoms with Gasteiger partial charge in [0, 0.05) is 5.69 Å². The fourth-order valence-electron chi connectivity index (χ4n) is 3.20. The molecule has 0 bridgehead atoms. The molecule has 140 valence electrons. The molecule has 1 fully saturated rings. The number of imide groups is 1. The number of aryl methyl sites for hydroxylation is 1. The molecule has 0 aliphatic carbocycles. The van der Waals surface area contributed by atoms with Crippen LogP contribution < -0.4 is 10.6 Å². The summed E-state index contributed by atoms with van der Waals surface area (Å²) >= 11 is 0. The maximum atomic E-state index is 12.9. The van der Waals surface area contributed by atoms with Gasteiger partial charge in [-0.05, 0) is 36.6 Å². The van der Waals surface area contributed by atoms with Crippen molar-refractivity contribution in [3.05, 3.63) is 65.7 Å². The zero-order valence-corrected chi connectivity index (χ0v) is 15.5. The SMILES string of the molecule is CCCc1ccc([C@@]2(C)NC(=O)N(CC(=O)Nc3ccccc3)C2=O)cc1. The molecule has 3 rings (SSSR count). The van der Waals surface area contributed by atoms with E-state index >= 15 is 0 Å². The molecule has 6 heteroatoms. The average Bonchev–Trinajstić information content (AvgIpc) is 2.87. The molecule has 2 aromatic rings. The van der Waals surface area contributed by atoms with E-state index in [1.165, 1.54) is 5.56 Å². The summed E-state index contributed by atoms with van der Waals surface area (Å²) < 4.78 is 0. The minimum absolute atomic E-state index is 0.330. The molecule has 4 amide bonds. The minimum Gasteiger partial charge on any atom is -0.325 e. The van der Waals surface area contributed by atoms with Gasteiger partial charge in [-0.1, -0.05) is 55.8 Å². The maximum Gasteiger partial charge on any atom is 0.325 e. The van der Waals surface area contributed by atoms with Crippen molar-refractivity contribution in [1.29, 1.82) is 0 Å². The number of hydrogen-bond acceptors (Lipinski definition) is 3. The van der Waals surface area contributed by atoms with Gasteiger partial charge in [-0.2, -0.15) is 0 Å². The van der Waals surface area contributed by atoms with Gasteiger partial charge in [-0.15, -0.1) is 0 Å². The molecule has 2 N–H and O–H groups in total. The lowest BCUT2D eigenvalue weighted by atomic mass is 9.91. The Hall–Kier alpha value is -3.15. The lowest BCUT2D eigenvalue weighted by molar-refractivity contribution is -0.133. The van der Waals surface area contributed by atoms with E-state index in [0.717, 1.165) is 17.7 Å².